The van der Waals surface area contributed by atoms with Crippen molar-refractivity contribution in [3.63, 3.8) is 0 Å². The van der Waals surface area contributed by atoms with E-state index in [9.17, 15) is 14.9 Å². The molecule has 1 aromatic heterocycles. The normalized spacial score (nSPS) is 14.5. The lowest BCUT2D eigenvalue weighted by Crippen LogP contribution is -2.41. The number of carbonyl (C=O) groups excluding carboxylic acids is 1. The van der Waals surface area contributed by atoms with E-state index < -0.39 is 4.92 Å². The van der Waals surface area contributed by atoms with E-state index in [-0.39, 0.29) is 23.2 Å². The minimum absolute atomic E-state index is 0.0929. The Morgan fingerprint density at radius 1 is 1.60 bits per heavy atom. The first-order chi connectivity index (χ1) is 9.54. The van der Waals surface area contributed by atoms with Crippen LogP contribution in [-0.4, -0.2) is 40.3 Å². The van der Waals surface area contributed by atoms with Crippen LogP contribution < -0.4 is 5.32 Å². The molecule has 0 saturated heterocycles. The Bertz CT molecular complexity index is 528. The van der Waals surface area contributed by atoms with Crippen LogP contribution in [-0.2, 0) is 0 Å². The molecule has 1 aromatic rings. The Morgan fingerprint density at radius 2 is 2.30 bits per heavy atom. The van der Waals surface area contributed by atoms with Crippen LogP contribution in [0.25, 0.3) is 0 Å². The molecule has 0 aliphatic heterocycles. The highest BCUT2D eigenvalue weighted by Crippen LogP contribution is 2.28. The van der Waals surface area contributed by atoms with E-state index in [4.69, 9.17) is 0 Å². The molecule has 7 nitrogen and oxygen atoms in total. The predicted octanol–water partition coefficient (Wildman–Crippen LogP) is 2.05. The largest absolute Gasteiger partial charge is 0.370 e. The molecule has 0 bridgehead atoms. The average Bonchev–Trinajstić information content (AvgIpc) is 2.35. The Kier molecular flexibility index (Phi) is 4.16. The highest BCUT2D eigenvalue weighted by Gasteiger charge is 2.30. The molecule has 108 valence electrons. The number of aromatic nitrogens is 1. The molecule has 0 unspecified atom stereocenters. The summed E-state index contributed by atoms with van der Waals surface area (Å²) in [7, 11) is 1.70. The van der Waals surface area contributed by atoms with Crippen molar-refractivity contribution in [2.45, 2.75) is 32.2 Å². The van der Waals surface area contributed by atoms with Gasteiger partial charge in [0.05, 0.1) is 4.92 Å². The molecule has 1 amide bonds. The Labute approximate surface area is 117 Å². The highest BCUT2D eigenvalue weighted by molar-refractivity contribution is 5.98. The molecule has 2 rings (SSSR count). The lowest BCUT2D eigenvalue weighted by Gasteiger charge is -2.34. The van der Waals surface area contributed by atoms with Crippen molar-refractivity contribution in [2.75, 3.05) is 18.9 Å². The second-order valence-electron chi connectivity index (χ2n) is 4.87. The van der Waals surface area contributed by atoms with Gasteiger partial charge in [0.25, 0.3) is 11.6 Å². The molecule has 0 aromatic carbocycles. The van der Waals surface area contributed by atoms with E-state index in [0.717, 1.165) is 25.5 Å². The maximum Gasteiger partial charge on any atom is 0.300 e. The fourth-order valence-electron chi connectivity index (χ4n) is 2.17. The highest BCUT2D eigenvalue weighted by atomic mass is 16.6. The Hall–Kier alpha value is -2.18. The van der Waals surface area contributed by atoms with Gasteiger partial charge in [-0.3, -0.25) is 14.9 Å². The number of anilines is 1. The van der Waals surface area contributed by atoms with Crippen LogP contribution in [0.15, 0.2) is 12.3 Å². The average molecular weight is 278 g/mol. The first kappa shape index (κ1) is 14.2. The summed E-state index contributed by atoms with van der Waals surface area (Å²) in [6.45, 7) is 2.53. The fourth-order valence-corrected chi connectivity index (χ4v) is 2.17. The summed E-state index contributed by atoms with van der Waals surface area (Å²) in [5.74, 6) is 0.159. The van der Waals surface area contributed by atoms with E-state index in [1.807, 2.05) is 6.92 Å². The third-order valence-corrected chi connectivity index (χ3v) is 3.61. The number of amides is 1. The van der Waals surface area contributed by atoms with Gasteiger partial charge in [0, 0.05) is 25.7 Å². The number of nitro groups is 1. The second kappa shape index (κ2) is 5.85. The summed E-state index contributed by atoms with van der Waals surface area (Å²) in [5, 5.41) is 14.0. The minimum atomic E-state index is -0.565. The van der Waals surface area contributed by atoms with E-state index in [2.05, 4.69) is 10.3 Å². The quantitative estimate of drug-likeness (QED) is 0.657. The van der Waals surface area contributed by atoms with E-state index in [0.29, 0.717) is 12.4 Å². The van der Waals surface area contributed by atoms with Crippen LogP contribution in [0.3, 0.4) is 0 Å². The molecule has 1 N–H and O–H groups in total. The molecule has 1 saturated carbocycles. The van der Waals surface area contributed by atoms with Gasteiger partial charge in [-0.25, -0.2) is 4.98 Å². The molecule has 0 spiro atoms. The Morgan fingerprint density at radius 3 is 2.80 bits per heavy atom. The smallest absolute Gasteiger partial charge is 0.300 e. The van der Waals surface area contributed by atoms with E-state index in [1.165, 1.54) is 6.07 Å². The summed E-state index contributed by atoms with van der Waals surface area (Å²) >= 11 is 0. The summed E-state index contributed by atoms with van der Waals surface area (Å²) < 4.78 is 0. The van der Waals surface area contributed by atoms with Gasteiger partial charge < -0.3 is 10.2 Å². The van der Waals surface area contributed by atoms with Gasteiger partial charge in [0.2, 0.25) is 0 Å². The molecular weight excluding hydrogens is 260 g/mol. The van der Waals surface area contributed by atoms with Crippen molar-refractivity contribution in [1.82, 2.24) is 9.88 Å². The van der Waals surface area contributed by atoms with Crippen molar-refractivity contribution in [2.24, 2.45) is 0 Å². The zero-order valence-electron chi connectivity index (χ0n) is 11.6. The number of hydrogen-bond acceptors (Lipinski definition) is 5. The first-order valence-electron chi connectivity index (χ1n) is 6.70. The van der Waals surface area contributed by atoms with Crippen molar-refractivity contribution in [3.05, 3.63) is 27.9 Å². The van der Waals surface area contributed by atoms with Gasteiger partial charge >= 0.3 is 0 Å². The van der Waals surface area contributed by atoms with Gasteiger partial charge in [-0.15, -0.1) is 0 Å². The van der Waals surface area contributed by atoms with Crippen LogP contribution in [0, 0.1) is 10.1 Å². The number of pyridine rings is 1. The zero-order chi connectivity index (χ0) is 14.7. The maximum absolute atomic E-state index is 12.4. The van der Waals surface area contributed by atoms with Gasteiger partial charge in [0.1, 0.15) is 17.6 Å². The number of nitrogens with one attached hydrogen (secondary N) is 1. The van der Waals surface area contributed by atoms with Gasteiger partial charge in [-0.2, -0.15) is 0 Å². The minimum Gasteiger partial charge on any atom is -0.370 e. The molecule has 7 heteroatoms. The number of carbonyl (C=O) groups is 1. The third kappa shape index (κ3) is 2.71. The van der Waals surface area contributed by atoms with E-state index in [1.54, 1.807) is 11.9 Å². The number of rotatable bonds is 5. The van der Waals surface area contributed by atoms with Crippen molar-refractivity contribution < 1.29 is 9.72 Å². The number of nitrogens with zero attached hydrogens (tertiary/aromatic N) is 3. The topological polar surface area (TPSA) is 88.4 Å². The van der Waals surface area contributed by atoms with Crippen LogP contribution >= 0.6 is 0 Å². The summed E-state index contributed by atoms with van der Waals surface area (Å²) in [4.78, 5) is 28.5. The molecule has 0 atom stereocenters. The molecule has 20 heavy (non-hydrogen) atoms. The molecular formula is C13H18N4O3. The van der Waals surface area contributed by atoms with Crippen LogP contribution in [0.2, 0.25) is 0 Å². The lowest BCUT2D eigenvalue weighted by atomic mass is 9.91. The van der Waals surface area contributed by atoms with Crippen molar-refractivity contribution in [1.29, 1.82) is 0 Å². The Balaban J connectivity index is 2.32. The molecule has 1 aliphatic rings. The molecule has 0 radical (unpaired) electrons. The monoisotopic (exact) mass is 278 g/mol. The van der Waals surface area contributed by atoms with Crippen LogP contribution in [0.4, 0.5) is 11.5 Å². The number of hydrogen-bond donors (Lipinski definition) is 1. The summed E-state index contributed by atoms with van der Waals surface area (Å²) in [6.07, 6.45) is 4.16. The second-order valence-corrected chi connectivity index (χ2v) is 4.87. The summed E-state index contributed by atoms with van der Waals surface area (Å²) in [5.41, 5.74) is -0.154. The molecule has 1 fully saturated rings. The van der Waals surface area contributed by atoms with Gasteiger partial charge in [0.15, 0.2) is 0 Å². The lowest BCUT2D eigenvalue weighted by molar-refractivity contribution is -0.385. The van der Waals surface area contributed by atoms with Crippen molar-refractivity contribution in [3.8, 4) is 0 Å². The molecule has 1 aliphatic carbocycles. The fraction of sp³-hybridized carbons (Fsp3) is 0.538. The van der Waals surface area contributed by atoms with Gasteiger partial charge in [-0.05, 0) is 26.2 Å². The summed E-state index contributed by atoms with van der Waals surface area (Å²) in [6, 6.07) is 1.65. The zero-order valence-corrected chi connectivity index (χ0v) is 11.6. The molecule has 1 heterocycles. The predicted molar refractivity (Wildman–Crippen MR) is 74.8 cm³/mol. The van der Waals surface area contributed by atoms with Crippen molar-refractivity contribution >= 4 is 17.4 Å². The van der Waals surface area contributed by atoms with E-state index >= 15 is 0 Å². The standard InChI is InChI=1S/C13H18N4O3/c1-3-14-12-7-10(11(8-15-12)17(19)20)13(18)16(2)9-5-4-6-9/h7-9H,3-6H2,1-2H3,(H,14,15). The SMILES string of the molecule is CCNc1cc(C(=O)N(C)C2CCC2)c([N+](=O)[O-])cn1. The first-order valence-corrected chi connectivity index (χ1v) is 6.70. The van der Waals surface area contributed by atoms with Gasteiger partial charge in [-0.1, -0.05) is 0 Å². The van der Waals surface area contributed by atoms with Crippen LogP contribution in [0.5, 0.6) is 0 Å². The van der Waals surface area contributed by atoms with Crippen LogP contribution in [0.1, 0.15) is 36.5 Å². The third-order valence-electron chi connectivity index (χ3n) is 3.61. The maximum atomic E-state index is 12.4.